The Balaban J connectivity index is 1.20. The van der Waals surface area contributed by atoms with E-state index < -0.39 is 0 Å². The lowest BCUT2D eigenvalue weighted by molar-refractivity contribution is -0.112. The van der Waals surface area contributed by atoms with Crippen molar-refractivity contribution in [3.8, 4) is 0 Å². The van der Waals surface area contributed by atoms with Crippen molar-refractivity contribution in [2.45, 2.75) is 11.4 Å². The third-order valence-corrected chi connectivity index (χ3v) is 7.04. The van der Waals surface area contributed by atoms with E-state index in [1.807, 2.05) is 65.6 Å². The summed E-state index contributed by atoms with van der Waals surface area (Å²) in [5.74, 6) is -0.0421. The number of piperazine rings is 1. The molecule has 5 rings (SSSR count). The van der Waals surface area contributed by atoms with E-state index in [1.165, 1.54) is 17.3 Å². The SMILES string of the molecule is O=C1Nc2ccccc2S/C1=C/c1ccc(C(=O)N2CCN(Cc3ccccc3)CC2)cc1. The molecule has 0 unspecified atom stereocenters. The second-order valence-corrected chi connectivity index (χ2v) is 9.32. The highest BCUT2D eigenvalue weighted by Gasteiger charge is 2.23. The molecule has 166 valence electrons. The van der Waals surface area contributed by atoms with Crippen molar-refractivity contribution < 1.29 is 9.59 Å². The highest BCUT2D eigenvalue weighted by atomic mass is 32.2. The molecule has 6 heteroatoms. The lowest BCUT2D eigenvalue weighted by Crippen LogP contribution is -2.48. The number of carbonyl (C=O) groups is 2. The van der Waals surface area contributed by atoms with E-state index in [0.717, 1.165) is 48.9 Å². The second kappa shape index (κ2) is 9.65. The average Bonchev–Trinajstić information content (AvgIpc) is 2.86. The Labute approximate surface area is 198 Å². The van der Waals surface area contributed by atoms with Crippen LogP contribution in [0, 0.1) is 0 Å². The van der Waals surface area contributed by atoms with Crippen LogP contribution < -0.4 is 5.32 Å². The lowest BCUT2D eigenvalue weighted by atomic mass is 10.1. The van der Waals surface area contributed by atoms with Crippen LogP contribution in [0.15, 0.2) is 88.7 Å². The minimum atomic E-state index is -0.104. The van der Waals surface area contributed by atoms with Crippen molar-refractivity contribution >= 4 is 35.3 Å². The summed E-state index contributed by atoms with van der Waals surface area (Å²) in [6.07, 6.45) is 1.87. The van der Waals surface area contributed by atoms with E-state index in [4.69, 9.17) is 0 Å². The number of amides is 2. The van der Waals surface area contributed by atoms with Gasteiger partial charge in [0.2, 0.25) is 0 Å². The predicted octanol–water partition coefficient (Wildman–Crippen LogP) is 4.73. The van der Waals surface area contributed by atoms with Gasteiger partial charge < -0.3 is 10.2 Å². The molecule has 0 bridgehead atoms. The normalized spacial score (nSPS) is 17.5. The Morgan fingerprint density at radius 2 is 1.58 bits per heavy atom. The van der Waals surface area contributed by atoms with Crippen LogP contribution in [0.4, 0.5) is 5.69 Å². The van der Waals surface area contributed by atoms with E-state index in [2.05, 4.69) is 34.5 Å². The Kier molecular flexibility index (Phi) is 6.28. The van der Waals surface area contributed by atoms with E-state index in [-0.39, 0.29) is 11.8 Å². The van der Waals surface area contributed by atoms with Gasteiger partial charge in [0.15, 0.2) is 0 Å². The van der Waals surface area contributed by atoms with Crippen molar-refractivity contribution in [2.24, 2.45) is 0 Å². The van der Waals surface area contributed by atoms with Gasteiger partial charge in [-0.25, -0.2) is 0 Å². The van der Waals surface area contributed by atoms with Gasteiger partial charge in [0.25, 0.3) is 11.8 Å². The fourth-order valence-corrected chi connectivity index (χ4v) is 5.06. The van der Waals surface area contributed by atoms with Crippen molar-refractivity contribution in [3.63, 3.8) is 0 Å². The quantitative estimate of drug-likeness (QED) is 0.578. The maximum absolute atomic E-state index is 13.0. The molecule has 3 aromatic carbocycles. The first-order chi connectivity index (χ1) is 16.2. The van der Waals surface area contributed by atoms with Gasteiger partial charge in [0.05, 0.1) is 10.6 Å². The Bertz CT molecular complexity index is 1180. The van der Waals surface area contributed by atoms with Gasteiger partial charge in [0, 0.05) is 43.2 Å². The van der Waals surface area contributed by atoms with Crippen molar-refractivity contribution in [1.29, 1.82) is 0 Å². The summed E-state index contributed by atoms with van der Waals surface area (Å²) in [4.78, 5) is 31.4. The number of hydrogen-bond donors (Lipinski definition) is 1. The molecule has 0 saturated carbocycles. The molecule has 2 heterocycles. The summed E-state index contributed by atoms with van der Waals surface area (Å²) in [5, 5.41) is 2.93. The predicted molar refractivity (Wildman–Crippen MR) is 133 cm³/mol. The summed E-state index contributed by atoms with van der Waals surface area (Å²) < 4.78 is 0. The molecule has 3 aromatic rings. The summed E-state index contributed by atoms with van der Waals surface area (Å²) in [6.45, 7) is 4.13. The van der Waals surface area contributed by atoms with Crippen LogP contribution in [0.25, 0.3) is 6.08 Å². The average molecular weight is 456 g/mol. The Morgan fingerprint density at radius 3 is 2.33 bits per heavy atom. The van der Waals surface area contributed by atoms with Crippen LogP contribution in [-0.4, -0.2) is 47.8 Å². The Hall–Kier alpha value is -3.35. The van der Waals surface area contributed by atoms with Gasteiger partial charge >= 0.3 is 0 Å². The summed E-state index contributed by atoms with van der Waals surface area (Å²) in [5.41, 5.74) is 3.72. The summed E-state index contributed by atoms with van der Waals surface area (Å²) in [6, 6.07) is 25.7. The molecule has 1 N–H and O–H groups in total. The number of para-hydroxylation sites is 1. The second-order valence-electron chi connectivity index (χ2n) is 8.24. The Morgan fingerprint density at radius 1 is 0.879 bits per heavy atom. The highest BCUT2D eigenvalue weighted by molar-refractivity contribution is 8.04. The van der Waals surface area contributed by atoms with Crippen molar-refractivity contribution in [2.75, 3.05) is 31.5 Å². The van der Waals surface area contributed by atoms with Crippen LogP contribution >= 0.6 is 11.8 Å². The molecule has 2 aliphatic rings. The van der Waals surface area contributed by atoms with Crippen LogP contribution in [0.5, 0.6) is 0 Å². The molecule has 0 atom stereocenters. The molecule has 2 amide bonds. The van der Waals surface area contributed by atoms with E-state index >= 15 is 0 Å². The molecule has 0 spiro atoms. The molecule has 2 aliphatic heterocycles. The molecule has 1 fully saturated rings. The van der Waals surface area contributed by atoms with Gasteiger partial charge in [-0.2, -0.15) is 0 Å². The molecule has 5 nitrogen and oxygen atoms in total. The zero-order valence-corrected chi connectivity index (χ0v) is 19.1. The fraction of sp³-hybridized carbons (Fsp3) is 0.185. The molecular formula is C27H25N3O2S. The fourth-order valence-electron chi connectivity index (χ4n) is 4.11. The molecule has 33 heavy (non-hydrogen) atoms. The molecular weight excluding hydrogens is 430 g/mol. The van der Waals surface area contributed by atoms with E-state index in [9.17, 15) is 9.59 Å². The van der Waals surface area contributed by atoms with Gasteiger partial charge in [-0.3, -0.25) is 14.5 Å². The monoisotopic (exact) mass is 455 g/mol. The van der Waals surface area contributed by atoms with Crippen molar-refractivity contribution in [3.05, 3.63) is 100 Å². The van der Waals surface area contributed by atoms with Gasteiger partial charge in [-0.1, -0.05) is 66.4 Å². The minimum Gasteiger partial charge on any atom is -0.336 e. The van der Waals surface area contributed by atoms with Crippen LogP contribution in [0.3, 0.4) is 0 Å². The third kappa shape index (κ3) is 5.02. The number of nitrogens with one attached hydrogen (secondary N) is 1. The largest absolute Gasteiger partial charge is 0.336 e. The number of carbonyl (C=O) groups excluding carboxylic acids is 2. The first kappa shape index (κ1) is 21.5. The standard InChI is InChI=1S/C27H25N3O2S/c31-26-25(33-24-9-5-4-8-23(24)28-26)18-20-10-12-22(13-11-20)27(32)30-16-14-29(15-17-30)19-21-6-2-1-3-7-21/h1-13,18H,14-17,19H2,(H,28,31)/b25-18+. The first-order valence-electron chi connectivity index (χ1n) is 11.1. The molecule has 1 saturated heterocycles. The van der Waals surface area contributed by atoms with Crippen LogP contribution in [0.2, 0.25) is 0 Å². The van der Waals surface area contributed by atoms with Crippen LogP contribution in [0.1, 0.15) is 21.5 Å². The number of hydrogen-bond acceptors (Lipinski definition) is 4. The molecule has 0 aliphatic carbocycles. The van der Waals surface area contributed by atoms with Gasteiger partial charge in [0.1, 0.15) is 0 Å². The van der Waals surface area contributed by atoms with Crippen LogP contribution in [-0.2, 0) is 11.3 Å². The van der Waals surface area contributed by atoms with Gasteiger partial charge in [-0.05, 0) is 41.5 Å². The van der Waals surface area contributed by atoms with E-state index in [0.29, 0.717) is 10.5 Å². The number of rotatable bonds is 4. The molecule has 0 radical (unpaired) electrons. The van der Waals surface area contributed by atoms with Crippen molar-refractivity contribution in [1.82, 2.24) is 9.80 Å². The number of benzene rings is 3. The third-order valence-electron chi connectivity index (χ3n) is 5.94. The summed E-state index contributed by atoms with van der Waals surface area (Å²) in [7, 11) is 0. The smallest absolute Gasteiger partial charge is 0.262 e. The lowest BCUT2D eigenvalue weighted by Gasteiger charge is -2.34. The number of fused-ring (bicyclic) bond motifs is 1. The van der Waals surface area contributed by atoms with Gasteiger partial charge in [-0.15, -0.1) is 0 Å². The zero-order valence-electron chi connectivity index (χ0n) is 18.2. The molecule has 0 aromatic heterocycles. The maximum atomic E-state index is 13.0. The zero-order chi connectivity index (χ0) is 22.6. The summed E-state index contributed by atoms with van der Waals surface area (Å²) >= 11 is 1.46. The topological polar surface area (TPSA) is 52.7 Å². The minimum absolute atomic E-state index is 0.0623. The first-order valence-corrected chi connectivity index (χ1v) is 11.9. The number of thioether (sulfide) groups is 1. The number of anilines is 1. The maximum Gasteiger partial charge on any atom is 0.262 e. The van der Waals surface area contributed by atoms with E-state index in [1.54, 1.807) is 0 Å². The number of nitrogens with zero attached hydrogens (tertiary/aromatic N) is 2. The highest BCUT2D eigenvalue weighted by Crippen LogP contribution is 2.38.